The molecule has 0 bridgehead atoms. The maximum absolute atomic E-state index is 12.3. The van der Waals surface area contributed by atoms with Crippen LogP contribution in [-0.2, 0) is 6.54 Å². The number of fused-ring (bicyclic) bond motifs is 1. The topological polar surface area (TPSA) is 75.4 Å². The zero-order chi connectivity index (χ0) is 15.9. The maximum atomic E-state index is 12.3. The van der Waals surface area contributed by atoms with Crippen molar-refractivity contribution in [2.24, 2.45) is 0 Å². The molecule has 0 saturated carbocycles. The molecule has 2 N–H and O–H groups in total. The summed E-state index contributed by atoms with van der Waals surface area (Å²) in [5.41, 5.74) is 4.40. The first-order chi connectivity index (χ1) is 10.5. The van der Waals surface area contributed by atoms with Gasteiger partial charge in [-0.2, -0.15) is 0 Å². The molecule has 5 nitrogen and oxygen atoms in total. The van der Waals surface area contributed by atoms with E-state index in [0.717, 1.165) is 22.2 Å². The van der Waals surface area contributed by atoms with Gasteiger partial charge in [0.15, 0.2) is 17.3 Å². The van der Waals surface area contributed by atoms with Gasteiger partial charge in [0.1, 0.15) is 0 Å². The molecular formula is C17H17ClN2O3. The van der Waals surface area contributed by atoms with Crippen LogP contribution >= 0.6 is 12.4 Å². The second-order valence-corrected chi connectivity index (χ2v) is 5.42. The number of phenolic OH excluding ortho intramolecular Hbond substituents is 2. The fraction of sp³-hybridized carbons (Fsp3) is 0.176. The summed E-state index contributed by atoms with van der Waals surface area (Å²) in [4.78, 5) is 16.7. The minimum atomic E-state index is -0.298. The van der Waals surface area contributed by atoms with E-state index >= 15 is 0 Å². The van der Waals surface area contributed by atoms with Crippen LogP contribution in [0.3, 0.4) is 0 Å². The van der Waals surface area contributed by atoms with Gasteiger partial charge in [-0.1, -0.05) is 0 Å². The fourth-order valence-electron chi connectivity index (χ4n) is 2.38. The van der Waals surface area contributed by atoms with E-state index in [9.17, 15) is 15.0 Å². The molecule has 0 radical (unpaired) electrons. The molecular weight excluding hydrogens is 316 g/mol. The van der Waals surface area contributed by atoms with Crippen molar-refractivity contribution in [1.29, 1.82) is 0 Å². The molecule has 1 heterocycles. The number of halogens is 1. The van der Waals surface area contributed by atoms with E-state index < -0.39 is 0 Å². The average Bonchev–Trinajstić information content (AvgIpc) is 2.84. The highest BCUT2D eigenvalue weighted by Gasteiger charge is 2.12. The Morgan fingerprint density at radius 2 is 1.78 bits per heavy atom. The Labute approximate surface area is 139 Å². The van der Waals surface area contributed by atoms with E-state index in [1.165, 1.54) is 18.2 Å². The monoisotopic (exact) mass is 332 g/mol. The molecule has 3 aromatic rings. The summed E-state index contributed by atoms with van der Waals surface area (Å²) in [6, 6.07) is 8.08. The Morgan fingerprint density at radius 3 is 2.48 bits per heavy atom. The number of rotatable bonds is 3. The second kappa shape index (κ2) is 6.30. The van der Waals surface area contributed by atoms with Crippen LogP contribution in [0.25, 0.3) is 11.0 Å². The Hall–Kier alpha value is -2.53. The summed E-state index contributed by atoms with van der Waals surface area (Å²) in [7, 11) is 0. The van der Waals surface area contributed by atoms with Crippen LogP contribution in [0.2, 0.25) is 0 Å². The maximum Gasteiger partial charge on any atom is 0.182 e. The summed E-state index contributed by atoms with van der Waals surface area (Å²) in [5.74, 6) is -0.698. The average molecular weight is 333 g/mol. The van der Waals surface area contributed by atoms with Crippen molar-refractivity contribution in [1.82, 2.24) is 9.55 Å². The van der Waals surface area contributed by atoms with Gasteiger partial charge < -0.3 is 14.8 Å². The van der Waals surface area contributed by atoms with Crippen molar-refractivity contribution in [3.05, 3.63) is 53.3 Å². The van der Waals surface area contributed by atoms with E-state index in [1.54, 1.807) is 10.9 Å². The van der Waals surface area contributed by atoms with Crippen molar-refractivity contribution in [2.75, 3.05) is 0 Å². The minimum Gasteiger partial charge on any atom is -0.504 e. The Morgan fingerprint density at radius 1 is 1.09 bits per heavy atom. The number of imidazole rings is 1. The largest absolute Gasteiger partial charge is 0.504 e. The van der Waals surface area contributed by atoms with Crippen LogP contribution in [0.1, 0.15) is 21.5 Å². The zero-order valence-electron chi connectivity index (χ0n) is 12.8. The Kier molecular flexibility index (Phi) is 4.61. The number of aromatic hydroxyl groups is 2. The number of aromatic nitrogens is 2. The third kappa shape index (κ3) is 3.14. The third-order valence-electron chi connectivity index (χ3n) is 3.85. The SMILES string of the molecule is Cc1cc2ncn(CC(=O)c3ccc(O)c(O)c3)c2cc1C.Cl. The van der Waals surface area contributed by atoms with Crippen LogP contribution in [0.5, 0.6) is 11.5 Å². The molecule has 0 aliphatic rings. The summed E-state index contributed by atoms with van der Waals surface area (Å²) in [6.07, 6.45) is 1.64. The number of Topliss-reactive ketones (excluding diaryl/α,β-unsaturated/α-hetero) is 1. The first-order valence-corrected chi connectivity index (χ1v) is 6.93. The van der Waals surface area contributed by atoms with Crippen molar-refractivity contribution in [3.8, 4) is 11.5 Å². The number of aryl methyl sites for hydroxylation is 2. The lowest BCUT2D eigenvalue weighted by molar-refractivity contribution is 0.0973. The minimum absolute atomic E-state index is 0. The summed E-state index contributed by atoms with van der Waals surface area (Å²) >= 11 is 0. The van der Waals surface area contributed by atoms with Crippen molar-refractivity contribution < 1.29 is 15.0 Å². The normalized spacial score (nSPS) is 10.5. The predicted octanol–water partition coefficient (Wildman–Crippen LogP) is 3.37. The number of ketones is 1. The van der Waals surface area contributed by atoms with Gasteiger partial charge in [-0.15, -0.1) is 12.4 Å². The van der Waals surface area contributed by atoms with E-state index in [2.05, 4.69) is 4.98 Å². The number of hydrogen-bond donors (Lipinski definition) is 2. The van der Waals surface area contributed by atoms with E-state index in [4.69, 9.17) is 0 Å². The van der Waals surface area contributed by atoms with Crippen LogP contribution in [0, 0.1) is 13.8 Å². The number of benzene rings is 2. The highest BCUT2D eigenvalue weighted by Crippen LogP contribution is 2.25. The van der Waals surface area contributed by atoms with Gasteiger partial charge >= 0.3 is 0 Å². The van der Waals surface area contributed by atoms with Crippen LogP contribution < -0.4 is 0 Å². The molecule has 0 fully saturated rings. The van der Waals surface area contributed by atoms with Crippen molar-refractivity contribution in [2.45, 2.75) is 20.4 Å². The molecule has 0 aliphatic heterocycles. The van der Waals surface area contributed by atoms with Gasteiger partial charge in [0.2, 0.25) is 0 Å². The molecule has 3 rings (SSSR count). The molecule has 6 heteroatoms. The lowest BCUT2D eigenvalue weighted by Gasteiger charge is -2.06. The van der Waals surface area contributed by atoms with E-state index in [-0.39, 0.29) is 36.2 Å². The molecule has 1 aromatic heterocycles. The molecule has 0 atom stereocenters. The highest BCUT2D eigenvalue weighted by atomic mass is 35.5. The smallest absolute Gasteiger partial charge is 0.182 e. The van der Waals surface area contributed by atoms with Gasteiger partial charge in [0.25, 0.3) is 0 Å². The van der Waals surface area contributed by atoms with Crippen LogP contribution in [0.15, 0.2) is 36.7 Å². The Bertz CT molecular complexity index is 887. The van der Waals surface area contributed by atoms with Crippen molar-refractivity contribution >= 4 is 29.2 Å². The summed E-state index contributed by atoms with van der Waals surface area (Å²) in [6.45, 7) is 4.17. The fourth-order valence-corrected chi connectivity index (χ4v) is 2.38. The summed E-state index contributed by atoms with van der Waals surface area (Å²) < 4.78 is 1.79. The lowest BCUT2D eigenvalue weighted by atomic mass is 10.1. The number of hydrogen-bond acceptors (Lipinski definition) is 4. The van der Waals surface area contributed by atoms with Gasteiger partial charge in [0, 0.05) is 5.56 Å². The molecule has 0 amide bonds. The van der Waals surface area contributed by atoms with Crippen molar-refractivity contribution in [3.63, 3.8) is 0 Å². The van der Waals surface area contributed by atoms with Gasteiger partial charge in [-0.3, -0.25) is 4.79 Å². The Balaban J connectivity index is 0.00000192. The standard InChI is InChI=1S/C17H16N2O3.ClH/c1-10-5-13-14(6-11(10)2)19(9-18-13)8-17(22)12-3-4-15(20)16(21)7-12;/h3-7,9,20-21H,8H2,1-2H3;1H. The second-order valence-electron chi connectivity index (χ2n) is 5.42. The first-order valence-electron chi connectivity index (χ1n) is 6.93. The number of carbonyl (C=O) groups excluding carboxylic acids is 1. The van der Waals surface area contributed by atoms with Crippen LogP contribution in [-0.4, -0.2) is 25.5 Å². The number of carbonyl (C=O) groups is 1. The zero-order valence-corrected chi connectivity index (χ0v) is 13.6. The molecule has 0 spiro atoms. The van der Waals surface area contributed by atoms with Gasteiger partial charge in [-0.05, 0) is 55.3 Å². The predicted molar refractivity (Wildman–Crippen MR) is 90.6 cm³/mol. The van der Waals surface area contributed by atoms with Gasteiger partial charge in [-0.25, -0.2) is 4.98 Å². The van der Waals surface area contributed by atoms with E-state index in [1.807, 2.05) is 26.0 Å². The van der Waals surface area contributed by atoms with Gasteiger partial charge in [0.05, 0.1) is 23.9 Å². The quantitative estimate of drug-likeness (QED) is 0.569. The molecule has 0 saturated heterocycles. The van der Waals surface area contributed by atoms with E-state index in [0.29, 0.717) is 5.56 Å². The lowest BCUT2D eigenvalue weighted by Crippen LogP contribution is -2.09. The first kappa shape index (κ1) is 16.8. The van der Waals surface area contributed by atoms with Crippen LogP contribution in [0.4, 0.5) is 0 Å². The molecule has 0 aliphatic carbocycles. The number of phenols is 2. The summed E-state index contributed by atoms with van der Waals surface area (Å²) in [5, 5.41) is 18.8. The highest BCUT2D eigenvalue weighted by molar-refractivity contribution is 5.97. The molecule has 120 valence electrons. The molecule has 0 unspecified atom stereocenters. The molecule has 23 heavy (non-hydrogen) atoms. The third-order valence-corrected chi connectivity index (χ3v) is 3.85. The number of nitrogens with zero attached hydrogens (tertiary/aromatic N) is 2. The molecule has 2 aromatic carbocycles.